The van der Waals surface area contributed by atoms with Gasteiger partial charge in [-0.15, -0.1) is 0 Å². The fraction of sp³-hybridized carbons (Fsp3) is 0.385. The van der Waals surface area contributed by atoms with Crippen molar-refractivity contribution in [2.45, 2.75) is 26.4 Å². The first-order valence-corrected chi connectivity index (χ1v) is 5.57. The summed E-state index contributed by atoms with van der Waals surface area (Å²) in [6.45, 7) is 5.19. The molecule has 84 valence electrons. The molecule has 0 amide bonds. The van der Waals surface area contributed by atoms with Crippen LogP contribution in [0, 0.1) is 0 Å². The van der Waals surface area contributed by atoms with Crippen molar-refractivity contribution in [3.8, 4) is 0 Å². The average Bonchev–Trinajstić information content (AvgIpc) is 2.28. The Morgan fingerprint density at radius 1 is 1.19 bits per heavy atom. The second-order valence-corrected chi connectivity index (χ2v) is 4.36. The van der Waals surface area contributed by atoms with Gasteiger partial charge in [-0.1, -0.05) is 12.1 Å². The van der Waals surface area contributed by atoms with E-state index in [4.69, 9.17) is 0 Å². The van der Waals surface area contributed by atoms with Gasteiger partial charge in [0.1, 0.15) is 0 Å². The first-order valence-electron chi connectivity index (χ1n) is 5.57. The van der Waals surface area contributed by atoms with E-state index in [0.717, 1.165) is 23.3 Å². The minimum Gasteiger partial charge on any atom is -0.298 e. The molecule has 0 radical (unpaired) electrons. The largest absolute Gasteiger partial charge is 0.298 e. The van der Waals surface area contributed by atoms with Gasteiger partial charge in [0, 0.05) is 12.6 Å². The maximum atomic E-state index is 4.59. The van der Waals surface area contributed by atoms with Crippen LogP contribution in [0.25, 0.3) is 11.0 Å². The van der Waals surface area contributed by atoms with Gasteiger partial charge in [-0.2, -0.15) is 0 Å². The van der Waals surface area contributed by atoms with Crippen LogP contribution in [0.1, 0.15) is 19.5 Å². The molecule has 16 heavy (non-hydrogen) atoms. The van der Waals surface area contributed by atoms with Crippen molar-refractivity contribution < 1.29 is 0 Å². The molecule has 0 N–H and O–H groups in total. The highest BCUT2D eigenvalue weighted by atomic mass is 15.1. The van der Waals surface area contributed by atoms with E-state index in [1.165, 1.54) is 0 Å². The smallest absolute Gasteiger partial charge is 0.0890 e. The standard InChI is InChI=1S/C13H17N3/c1-10(2)16(3)9-11-8-14-12-6-4-5-7-13(12)15-11/h4-8,10H,9H2,1-3H3. The van der Waals surface area contributed by atoms with Crippen LogP contribution in [0.2, 0.25) is 0 Å². The first kappa shape index (κ1) is 11.0. The molecule has 1 aromatic carbocycles. The molecule has 0 aliphatic rings. The molecule has 0 bridgehead atoms. The molecule has 0 saturated carbocycles. The Balaban J connectivity index is 2.26. The zero-order valence-electron chi connectivity index (χ0n) is 10.0. The Hall–Kier alpha value is -1.48. The summed E-state index contributed by atoms with van der Waals surface area (Å²) in [7, 11) is 2.10. The van der Waals surface area contributed by atoms with Crippen molar-refractivity contribution in [1.29, 1.82) is 0 Å². The molecule has 3 nitrogen and oxygen atoms in total. The van der Waals surface area contributed by atoms with Gasteiger partial charge in [0.2, 0.25) is 0 Å². The van der Waals surface area contributed by atoms with Gasteiger partial charge < -0.3 is 0 Å². The first-order chi connectivity index (χ1) is 7.66. The van der Waals surface area contributed by atoms with Crippen molar-refractivity contribution in [1.82, 2.24) is 14.9 Å². The van der Waals surface area contributed by atoms with Crippen LogP contribution in [0.15, 0.2) is 30.5 Å². The molecule has 0 unspecified atom stereocenters. The third-order valence-electron chi connectivity index (χ3n) is 2.79. The van der Waals surface area contributed by atoms with Crippen molar-refractivity contribution in [3.05, 3.63) is 36.2 Å². The van der Waals surface area contributed by atoms with Gasteiger partial charge in [-0.25, -0.2) is 4.98 Å². The SMILES string of the molecule is CC(C)N(C)Cc1cnc2ccccc2n1. The van der Waals surface area contributed by atoms with Crippen LogP contribution in [0.4, 0.5) is 0 Å². The number of hydrogen-bond donors (Lipinski definition) is 0. The van der Waals surface area contributed by atoms with Gasteiger partial charge in [0.25, 0.3) is 0 Å². The Morgan fingerprint density at radius 3 is 2.56 bits per heavy atom. The van der Waals surface area contributed by atoms with Crippen molar-refractivity contribution in [3.63, 3.8) is 0 Å². The van der Waals surface area contributed by atoms with Crippen LogP contribution >= 0.6 is 0 Å². The maximum Gasteiger partial charge on any atom is 0.0890 e. The Labute approximate surface area is 96.1 Å². The molecule has 0 aliphatic carbocycles. The Kier molecular flexibility index (Phi) is 3.15. The minimum absolute atomic E-state index is 0.522. The molecule has 2 rings (SSSR count). The lowest BCUT2D eigenvalue weighted by Crippen LogP contribution is -2.26. The average molecular weight is 215 g/mol. The number of hydrogen-bond acceptors (Lipinski definition) is 3. The fourth-order valence-corrected chi connectivity index (χ4v) is 1.51. The molecular weight excluding hydrogens is 198 g/mol. The van der Waals surface area contributed by atoms with Crippen molar-refractivity contribution >= 4 is 11.0 Å². The third kappa shape index (κ3) is 2.36. The van der Waals surface area contributed by atoms with Crippen LogP contribution in [0.5, 0.6) is 0 Å². The summed E-state index contributed by atoms with van der Waals surface area (Å²) in [5.41, 5.74) is 2.95. The summed E-state index contributed by atoms with van der Waals surface area (Å²) < 4.78 is 0. The second-order valence-electron chi connectivity index (χ2n) is 4.36. The second kappa shape index (κ2) is 4.58. The summed E-state index contributed by atoms with van der Waals surface area (Å²) in [5, 5.41) is 0. The number of benzene rings is 1. The number of para-hydroxylation sites is 2. The van der Waals surface area contributed by atoms with E-state index in [9.17, 15) is 0 Å². The van der Waals surface area contributed by atoms with E-state index in [0.29, 0.717) is 6.04 Å². The highest BCUT2D eigenvalue weighted by Crippen LogP contribution is 2.10. The van der Waals surface area contributed by atoms with Gasteiger partial charge in [0.05, 0.1) is 22.9 Å². The number of fused-ring (bicyclic) bond motifs is 1. The number of aromatic nitrogens is 2. The zero-order chi connectivity index (χ0) is 11.5. The molecular formula is C13H17N3. The molecule has 0 atom stereocenters. The predicted octanol–water partition coefficient (Wildman–Crippen LogP) is 2.47. The Bertz CT molecular complexity index is 479. The summed E-state index contributed by atoms with van der Waals surface area (Å²) in [6, 6.07) is 8.48. The molecule has 0 spiro atoms. The lowest BCUT2D eigenvalue weighted by molar-refractivity contribution is 0.262. The fourth-order valence-electron chi connectivity index (χ4n) is 1.51. The summed E-state index contributed by atoms with van der Waals surface area (Å²) in [5.74, 6) is 0. The van der Waals surface area contributed by atoms with Crippen LogP contribution in [0.3, 0.4) is 0 Å². The molecule has 3 heteroatoms. The lowest BCUT2D eigenvalue weighted by Gasteiger charge is -2.20. The van der Waals surface area contributed by atoms with E-state index < -0.39 is 0 Å². The molecule has 2 aromatic rings. The number of rotatable bonds is 3. The quantitative estimate of drug-likeness (QED) is 0.787. The van der Waals surface area contributed by atoms with Crippen LogP contribution < -0.4 is 0 Å². The lowest BCUT2D eigenvalue weighted by atomic mass is 10.2. The normalized spacial score (nSPS) is 11.6. The van der Waals surface area contributed by atoms with Gasteiger partial charge >= 0.3 is 0 Å². The molecule has 1 heterocycles. The summed E-state index contributed by atoms with van der Waals surface area (Å²) >= 11 is 0. The minimum atomic E-state index is 0.522. The van der Waals surface area contributed by atoms with Gasteiger partial charge in [-0.05, 0) is 33.0 Å². The summed E-state index contributed by atoms with van der Waals surface area (Å²) in [4.78, 5) is 11.2. The molecule has 1 aromatic heterocycles. The van der Waals surface area contributed by atoms with Crippen LogP contribution in [-0.4, -0.2) is 28.0 Å². The van der Waals surface area contributed by atoms with Gasteiger partial charge in [0.15, 0.2) is 0 Å². The van der Waals surface area contributed by atoms with Crippen LogP contribution in [-0.2, 0) is 6.54 Å². The van der Waals surface area contributed by atoms with E-state index >= 15 is 0 Å². The molecule has 0 aliphatic heterocycles. The summed E-state index contributed by atoms with van der Waals surface area (Å²) in [6.07, 6.45) is 1.86. The highest BCUT2D eigenvalue weighted by molar-refractivity contribution is 5.73. The van der Waals surface area contributed by atoms with E-state index in [1.54, 1.807) is 0 Å². The van der Waals surface area contributed by atoms with Crippen molar-refractivity contribution in [2.24, 2.45) is 0 Å². The predicted molar refractivity (Wildman–Crippen MR) is 66.1 cm³/mol. The highest BCUT2D eigenvalue weighted by Gasteiger charge is 2.06. The van der Waals surface area contributed by atoms with Crippen molar-refractivity contribution in [2.75, 3.05) is 7.05 Å². The van der Waals surface area contributed by atoms with Gasteiger partial charge in [-0.3, -0.25) is 9.88 Å². The molecule has 0 fully saturated rings. The third-order valence-corrected chi connectivity index (χ3v) is 2.79. The zero-order valence-corrected chi connectivity index (χ0v) is 10.0. The monoisotopic (exact) mass is 215 g/mol. The van der Waals surface area contributed by atoms with E-state index in [1.807, 2.05) is 30.5 Å². The van der Waals surface area contributed by atoms with E-state index in [2.05, 4.69) is 35.8 Å². The van der Waals surface area contributed by atoms with E-state index in [-0.39, 0.29) is 0 Å². The number of nitrogens with zero attached hydrogens (tertiary/aromatic N) is 3. The maximum absolute atomic E-state index is 4.59. The Morgan fingerprint density at radius 2 is 1.88 bits per heavy atom. The molecule has 0 saturated heterocycles. The topological polar surface area (TPSA) is 29.0 Å².